The first-order valence-corrected chi connectivity index (χ1v) is 7.92. The number of benzene rings is 1. The van der Waals surface area contributed by atoms with Crippen molar-refractivity contribution in [3.8, 4) is 0 Å². The largest absolute Gasteiger partial charge is 0.308 e. The van der Waals surface area contributed by atoms with Crippen LogP contribution in [0.25, 0.3) is 10.9 Å². The van der Waals surface area contributed by atoms with Crippen LogP contribution in [0.3, 0.4) is 0 Å². The number of carbonyl (C=O) groups is 1. The molecule has 0 saturated heterocycles. The van der Waals surface area contributed by atoms with Crippen molar-refractivity contribution in [3.05, 3.63) is 52.2 Å². The van der Waals surface area contributed by atoms with E-state index >= 15 is 0 Å². The van der Waals surface area contributed by atoms with E-state index in [-0.39, 0.29) is 18.0 Å². The van der Waals surface area contributed by atoms with E-state index < -0.39 is 0 Å². The Hall–Kier alpha value is -2.96. The number of anilines is 1. The number of aromatic nitrogens is 4. The molecule has 1 aliphatic carbocycles. The lowest BCUT2D eigenvalue weighted by Crippen LogP contribution is -2.28. The van der Waals surface area contributed by atoms with Gasteiger partial charge in [0.05, 0.1) is 17.2 Å². The molecule has 0 aliphatic heterocycles. The van der Waals surface area contributed by atoms with Crippen molar-refractivity contribution in [2.75, 3.05) is 5.32 Å². The first-order chi connectivity index (χ1) is 11.6. The molecule has 7 heteroatoms. The molecule has 1 aromatic carbocycles. The van der Waals surface area contributed by atoms with Crippen LogP contribution in [-0.2, 0) is 11.3 Å². The molecule has 1 saturated carbocycles. The summed E-state index contributed by atoms with van der Waals surface area (Å²) in [7, 11) is 0. The quantitative estimate of drug-likeness (QED) is 0.767. The van der Waals surface area contributed by atoms with Crippen LogP contribution in [0.2, 0.25) is 0 Å². The Balaban J connectivity index is 1.53. The predicted octanol–water partition coefficient (Wildman–Crippen LogP) is 1.94. The zero-order valence-electron chi connectivity index (χ0n) is 13.2. The van der Waals surface area contributed by atoms with Gasteiger partial charge in [0.25, 0.3) is 5.56 Å². The van der Waals surface area contributed by atoms with Crippen LogP contribution in [0.5, 0.6) is 0 Å². The molecule has 0 spiro atoms. The van der Waals surface area contributed by atoms with Gasteiger partial charge in [-0.1, -0.05) is 12.1 Å². The molecular formula is C17H17N5O2. The van der Waals surface area contributed by atoms with Crippen molar-refractivity contribution in [3.63, 3.8) is 0 Å². The SMILES string of the molecule is Cc1cccc2c(=O)n(CC(=O)Nc3cc(C4CC4)[nH]n3)cnc12. The first-order valence-electron chi connectivity index (χ1n) is 7.92. The van der Waals surface area contributed by atoms with Gasteiger partial charge in [0, 0.05) is 17.7 Å². The standard InChI is InChI=1S/C17H17N5O2/c1-10-3-2-4-12-16(10)18-9-22(17(12)24)8-15(23)19-14-7-13(20-21-14)11-5-6-11/h2-4,7,9,11H,5-6,8H2,1H3,(H2,19,20,21,23). The van der Waals surface area contributed by atoms with Gasteiger partial charge in [-0.05, 0) is 31.4 Å². The second-order valence-corrected chi connectivity index (χ2v) is 6.18. The lowest BCUT2D eigenvalue weighted by atomic mass is 10.1. The Labute approximate surface area is 137 Å². The van der Waals surface area contributed by atoms with E-state index in [1.54, 1.807) is 6.07 Å². The number of hydrogen-bond donors (Lipinski definition) is 2. The Morgan fingerprint density at radius 1 is 1.42 bits per heavy atom. The molecule has 0 unspecified atom stereocenters. The molecule has 7 nitrogen and oxygen atoms in total. The average Bonchev–Trinajstić information content (AvgIpc) is 3.31. The topological polar surface area (TPSA) is 92.7 Å². The van der Waals surface area contributed by atoms with Crippen LogP contribution < -0.4 is 10.9 Å². The number of nitrogens with zero attached hydrogens (tertiary/aromatic N) is 3. The van der Waals surface area contributed by atoms with E-state index in [0.717, 1.165) is 24.1 Å². The van der Waals surface area contributed by atoms with Crippen LogP contribution in [0, 0.1) is 6.92 Å². The number of para-hydroxylation sites is 1. The third-order valence-corrected chi connectivity index (χ3v) is 4.25. The van der Waals surface area contributed by atoms with E-state index in [2.05, 4.69) is 20.5 Å². The number of amides is 1. The minimum absolute atomic E-state index is 0.0959. The summed E-state index contributed by atoms with van der Waals surface area (Å²) in [6.07, 6.45) is 3.73. The van der Waals surface area contributed by atoms with Gasteiger partial charge in [0.15, 0.2) is 5.82 Å². The zero-order chi connectivity index (χ0) is 16.7. The Morgan fingerprint density at radius 3 is 3.04 bits per heavy atom. The molecule has 0 atom stereocenters. The van der Waals surface area contributed by atoms with Crippen molar-refractivity contribution in [1.29, 1.82) is 0 Å². The Bertz CT molecular complexity index is 984. The third-order valence-electron chi connectivity index (χ3n) is 4.25. The fraction of sp³-hybridized carbons (Fsp3) is 0.294. The highest BCUT2D eigenvalue weighted by atomic mass is 16.2. The summed E-state index contributed by atoms with van der Waals surface area (Å²) in [4.78, 5) is 29.0. The maximum atomic E-state index is 12.5. The number of aromatic amines is 1. The van der Waals surface area contributed by atoms with Crippen molar-refractivity contribution < 1.29 is 4.79 Å². The number of hydrogen-bond acceptors (Lipinski definition) is 4. The fourth-order valence-corrected chi connectivity index (χ4v) is 2.79. The zero-order valence-corrected chi connectivity index (χ0v) is 13.2. The number of H-pyrrole nitrogens is 1. The maximum Gasteiger partial charge on any atom is 0.261 e. The Morgan fingerprint density at radius 2 is 2.25 bits per heavy atom. The Kier molecular flexibility index (Phi) is 3.41. The van der Waals surface area contributed by atoms with Crippen molar-refractivity contribution >= 4 is 22.6 Å². The molecular weight excluding hydrogens is 306 g/mol. The molecule has 1 amide bonds. The van der Waals surface area contributed by atoms with Crippen LogP contribution >= 0.6 is 0 Å². The average molecular weight is 323 g/mol. The number of nitrogens with one attached hydrogen (secondary N) is 2. The molecule has 122 valence electrons. The van der Waals surface area contributed by atoms with Crippen molar-refractivity contribution in [1.82, 2.24) is 19.7 Å². The highest BCUT2D eigenvalue weighted by Gasteiger charge is 2.25. The number of carbonyl (C=O) groups excluding carboxylic acids is 1. The minimum atomic E-state index is -0.306. The maximum absolute atomic E-state index is 12.5. The predicted molar refractivity (Wildman–Crippen MR) is 89.9 cm³/mol. The minimum Gasteiger partial charge on any atom is -0.308 e. The van der Waals surface area contributed by atoms with Gasteiger partial charge in [-0.25, -0.2) is 4.98 Å². The molecule has 24 heavy (non-hydrogen) atoms. The van der Waals surface area contributed by atoms with Crippen molar-refractivity contribution in [2.24, 2.45) is 0 Å². The normalized spacial score (nSPS) is 14.0. The molecule has 2 N–H and O–H groups in total. The molecule has 0 bridgehead atoms. The summed E-state index contributed by atoms with van der Waals surface area (Å²) < 4.78 is 1.31. The second kappa shape index (κ2) is 5.59. The van der Waals surface area contributed by atoms with E-state index in [9.17, 15) is 9.59 Å². The van der Waals surface area contributed by atoms with Gasteiger partial charge in [0.2, 0.25) is 5.91 Å². The fourth-order valence-electron chi connectivity index (χ4n) is 2.79. The molecule has 1 aliphatic rings. The van der Waals surface area contributed by atoms with Crippen LogP contribution in [0.4, 0.5) is 5.82 Å². The molecule has 2 heterocycles. The van der Waals surface area contributed by atoms with E-state index in [0.29, 0.717) is 22.6 Å². The lowest BCUT2D eigenvalue weighted by molar-refractivity contribution is -0.116. The summed E-state index contributed by atoms with van der Waals surface area (Å²) in [6, 6.07) is 7.29. The van der Waals surface area contributed by atoms with Gasteiger partial charge >= 0.3 is 0 Å². The molecule has 0 radical (unpaired) electrons. The molecule has 4 rings (SSSR count). The highest BCUT2D eigenvalue weighted by Crippen LogP contribution is 2.39. The van der Waals surface area contributed by atoms with E-state index in [4.69, 9.17) is 0 Å². The number of aryl methyl sites for hydroxylation is 1. The number of fused-ring (bicyclic) bond motifs is 1. The molecule has 3 aromatic rings. The van der Waals surface area contributed by atoms with Gasteiger partial charge in [-0.15, -0.1) is 0 Å². The molecule has 1 fully saturated rings. The summed E-state index contributed by atoms with van der Waals surface area (Å²) >= 11 is 0. The smallest absolute Gasteiger partial charge is 0.261 e. The lowest BCUT2D eigenvalue weighted by Gasteiger charge is -2.07. The molecule has 2 aromatic heterocycles. The summed E-state index contributed by atoms with van der Waals surface area (Å²) in [5.41, 5.74) is 2.43. The summed E-state index contributed by atoms with van der Waals surface area (Å²) in [5.74, 6) is 0.720. The van der Waals surface area contributed by atoms with Gasteiger partial charge < -0.3 is 5.32 Å². The highest BCUT2D eigenvalue weighted by molar-refractivity contribution is 5.90. The van der Waals surface area contributed by atoms with Gasteiger partial charge in [-0.2, -0.15) is 5.10 Å². The van der Waals surface area contributed by atoms with Crippen molar-refractivity contribution in [2.45, 2.75) is 32.2 Å². The summed E-state index contributed by atoms with van der Waals surface area (Å²) in [5, 5.41) is 10.2. The second-order valence-electron chi connectivity index (χ2n) is 6.18. The van der Waals surface area contributed by atoms with E-state index in [1.165, 1.54) is 10.9 Å². The monoisotopic (exact) mass is 323 g/mol. The van der Waals surface area contributed by atoms with Crippen LogP contribution in [-0.4, -0.2) is 25.7 Å². The van der Waals surface area contributed by atoms with Gasteiger partial charge in [0.1, 0.15) is 6.54 Å². The van der Waals surface area contributed by atoms with Gasteiger partial charge in [-0.3, -0.25) is 19.3 Å². The van der Waals surface area contributed by atoms with E-state index in [1.807, 2.05) is 25.1 Å². The van der Waals surface area contributed by atoms with Crippen LogP contribution in [0.1, 0.15) is 30.0 Å². The number of rotatable bonds is 4. The first kappa shape index (κ1) is 14.6. The van der Waals surface area contributed by atoms with Crippen LogP contribution in [0.15, 0.2) is 35.4 Å². The third kappa shape index (κ3) is 2.68. The summed E-state index contributed by atoms with van der Waals surface area (Å²) in [6.45, 7) is 1.81.